The summed E-state index contributed by atoms with van der Waals surface area (Å²) < 4.78 is 5.09. The van der Waals surface area contributed by atoms with Crippen molar-refractivity contribution in [3.63, 3.8) is 0 Å². The normalized spacial score (nSPS) is 10.0. The van der Waals surface area contributed by atoms with Crippen molar-refractivity contribution in [2.24, 2.45) is 0 Å². The quantitative estimate of drug-likeness (QED) is 0.843. The van der Waals surface area contributed by atoms with Gasteiger partial charge in [-0.3, -0.25) is 0 Å². The molecule has 0 saturated heterocycles. The number of methoxy groups -OCH3 is 1. The van der Waals surface area contributed by atoms with E-state index in [0.717, 1.165) is 5.69 Å². The van der Waals surface area contributed by atoms with Gasteiger partial charge in [0.25, 0.3) is 0 Å². The minimum atomic E-state index is 0.0450. The van der Waals surface area contributed by atoms with Gasteiger partial charge in [0.15, 0.2) is 0 Å². The van der Waals surface area contributed by atoms with Crippen LogP contribution in [0.4, 0.5) is 5.69 Å². The lowest BCUT2D eigenvalue weighted by molar-refractivity contribution is 0.311. The molecule has 1 aromatic rings. The van der Waals surface area contributed by atoms with Gasteiger partial charge in [0.1, 0.15) is 5.75 Å². The van der Waals surface area contributed by atoms with Gasteiger partial charge in [-0.2, -0.15) is 0 Å². The second kappa shape index (κ2) is 5.29. The Morgan fingerprint density at radius 2 is 2.00 bits per heavy atom. The van der Waals surface area contributed by atoms with Crippen LogP contribution in [0, 0.1) is 0 Å². The van der Waals surface area contributed by atoms with Gasteiger partial charge in [0.05, 0.1) is 29.4 Å². The van der Waals surface area contributed by atoms with E-state index in [1.807, 2.05) is 0 Å². The highest BCUT2D eigenvalue weighted by Gasteiger charge is 2.06. The molecule has 0 atom stereocenters. The van der Waals surface area contributed by atoms with Crippen molar-refractivity contribution >= 4 is 28.9 Å². The summed E-state index contributed by atoms with van der Waals surface area (Å²) in [4.78, 5) is 0. The highest BCUT2D eigenvalue weighted by molar-refractivity contribution is 6.42. The zero-order valence-electron chi connectivity index (χ0n) is 7.68. The number of ether oxygens (including phenoxy) is 1. The molecule has 0 amide bonds. The second-order valence-electron chi connectivity index (χ2n) is 2.62. The van der Waals surface area contributed by atoms with Crippen LogP contribution in [-0.2, 0) is 0 Å². The molecule has 0 saturated carbocycles. The van der Waals surface area contributed by atoms with Crippen molar-refractivity contribution in [1.29, 1.82) is 0 Å². The van der Waals surface area contributed by atoms with Crippen LogP contribution < -0.4 is 10.1 Å². The number of nitrogens with one attached hydrogen (secondary N) is 1. The largest absolute Gasteiger partial charge is 0.495 e. The van der Waals surface area contributed by atoms with Gasteiger partial charge < -0.3 is 15.2 Å². The summed E-state index contributed by atoms with van der Waals surface area (Å²) in [6.07, 6.45) is 0. The van der Waals surface area contributed by atoms with Crippen LogP contribution in [0.3, 0.4) is 0 Å². The standard InChI is InChI=1S/C9H11Cl2NO2/c1-14-9-5-7(11)6(10)4-8(9)12-2-3-13/h4-5,12-13H,2-3H2,1H3. The zero-order chi connectivity index (χ0) is 10.6. The van der Waals surface area contributed by atoms with Crippen molar-refractivity contribution in [2.75, 3.05) is 25.6 Å². The highest BCUT2D eigenvalue weighted by atomic mass is 35.5. The van der Waals surface area contributed by atoms with E-state index in [2.05, 4.69) is 5.32 Å². The van der Waals surface area contributed by atoms with Crippen LogP contribution in [0.2, 0.25) is 10.0 Å². The van der Waals surface area contributed by atoms with Gasteiger partial charge >= 0.3 is 0 Å². The third kappa shape index (κ3) is 2.67. The molecule has 0 spiro atoms. The van der Waals surface area contributed by atoms with Crippen LogP contribution in [0.1, 0.15) is 0 Å². The number of hydrogen-bond acceptors (Lipinski definition) is 3. The van der Waals surface area contributed by atoms with Gasteiger partial charge in [-0.25, -0.2) is 0 Å². The van der Waals surface area contributed by atoms with Gasteiger partial charge in [0.2, 0.25) is 0 Å². The summed E-state index contributed by atoms with van der Waals surface area (Å²) in [6, 6.07) is 3.29. The van der Waals surface area contributed by atoms with E-state index < -0.39 is 0 Å². The molecular formula is C9H11Cl2NO2. The monoisotopic (exact) mass is 235 g/mol. The van der Waals surface area contributed by atoms with Gasteiger partial charge in [-0.1, -0.05) is 23.2 Å². The summed E-state index contributed by atoms with van der Waals surface area (Å²) in [7, 11) is 1.55. The summed E-state index contributed by atoms with van der Waals surface area (Å²) in [5.41, 5.74) is 0.718. The minimum absolute atomic E-state index is 0.0450. The predicted octanol–water partition coefficient (Wildman–Crippen LogP) is 2.41. The van der Waals surface area contributed by atoms with Gasteiger partial charge in [-0.05, 0) is 6.07 Å². The Labute approximate surface area is 92.6 Å². The lowest BCUT2D eigenvalue weighted by Gasteiger charge is -2.11. The van der Waals surface area contributed by atoms with E-state index in [1.165, 1.54) is 0 Å². The molecule has 1 rings (SSSR count). The number of benzene rings is 1. The van der Waals surface area contributed by atoms with E-state index in [9.17, 15) is 0 Å². The molecule has 0 aliphatic rings. The molecule has 0 unspecified atom stereocenters. The first kappa shape index (κ1) is 11.4. The average molecular weight is 236 g/mol. The predicted molar refractivity (Wildman–Crippen MR) is 58.6 cm³/mol. The topological polar surface area (TPSA) is 41.5 Å². The van der Waals surface area contributed by atoms with Crippen molar-refractivity contribution in [3.8, 4) is 5.75 Å². The molecule has 0 aliphatic carbocycles. The molecule has 0 aliphatic heterocycles. The molecule has 0 bridgehead atoms. The minimum Gasteiger partial charge on any atom is -0.495 e. The van der Waals surface area contributed by atoms with E-state index in [0.29, 0.717) is 22.3 Å². The fourth-order valence-electron chi connectivity index (χ4n) is 1.03. The lowest BCUT2D eigenvalue weighted by atomic mass is 10.3. The first-order valence-corrected chi connectivity index (χ1v) is 4.82. The molecule has 3 nitrogen and oxygen atoms in total. The number of hydrogen-bond donors (Lipinski definition) is 2. The van der Waals surface area contributed by atoms with Crippen LogP contribution in [0.25, 0.3) is 0 Å². The number of aliphatic hydroxyl groups is 1. The molecule has 5 heteroatoms. The Morgan fingerprint density at radius 3 is 2.57 bits per heavy atom. The van der Waals surface area contributed by atoms with E-state index in [1.54, 1.807) is 19.2 Å². The maximum Gasteiger partial charge on any atom is 0.143 e. The lowest BCUT2D eigenvalue weighted by Crippen LogP contribution is -2.06. The maximum absolute atomic E-state index is 8.65. The fraction of sp³-hybridized carbons (Fsp3) is 0.333. The number of rotatable bonds is 4. The second-order valence-corrected chi connectivity index (χ2v) is 3.43. The molecule has 0 heterocycles. The Hall–Kier alpha value is -0.640. The molecule has 0 radical (unpaired) electrons. The summed E-state index contributed by atoms with van der Waals surface area (Å²) >= 11 is 11.6. The van der Waals surface area contributed by atoms with Crippen molar-refractivity contribution < 1.29 is 9.84 Å². The molecule has 14 heavy (non-hydrogen) atoms. The highest BCUT2D eigenvalue weighted by Crippen LogP contribution is 2.33. The summed E-state index contributed by atoms with van der Waals surface area (Å²) in [5.74, 6) is 0.604. The first-order valence-electron chi connectivity index (χ1n) is 4.06. The van der Waals surface area contributed by atoms with Crippen LogP contribution in [-0.4, -0.2) is 25.4 Å². The Balaban J connectivity index is 2.95. The Kier molecular flexibility index (Phi) is 4.32. The molecule has 0 aromatic heterocycles. The number of aliphatic hydroxyl groups excluding tert-OH is 1. The van der Waals surface area contributed by atoms with Crippen molar-refractivity contribution in [1.82, 2.24) is 0 Å². The Bertz CT molecular complexity index is 318. The van der Waals surface area contributed by atoms with E-state index >= 15 is 0 Å². The molecule has 0 fully saturated rings. The third-order valence-corrected chi connectivity index (χ3v) is 2.39. The van der Waals surface area contributed by atoms with Gasteiger partial charge in [-0.15, -0.1) is 0 Å². The third-order valence-electron chi connectivity index (χ3n) is 1.67. The van der Waals surface area contributed by atoms with Crippen LogP contribution in [0.15, 0.2) is 12.1 Å². The number of anilines is 1. The first-order chi connectivity index (χ1) is 6.69. The van der Waals surface area contributed by atoms with E-state index in [-0.39, 0.29) is 6.61 Å². The molecule has 78 valence electrons. The zero-order valence-corrected chi connectivity index (χ0v) is 9.19. The maximum atomic E-state index is 8.65. The van der Waals surface area contributed by atoms with Crippen molar-refractivity contribution in [2.45, 2.75) is 0 Å². The molecule has 2 N–H and O–H groups in total. The molecular weight excluding hydrogens is 225 g/mol. The van der Waals surface area contributed by atoms with Crippen LogP contribution >= 0.6 is 23.2 Å². The average Bonchev–Trinajstić information content (AvgIpc) is 2.19. The van der Waals surface area contributed by atoms with E-state index in [4.69, 9.17) is 33.0 Å². The Morgan fingerprint density at radius 1 is 1.36 bits per heavy atom. The SMILES string of the molecule is COc1cc(Cl)c(Cl)cc1NCCO. The van der Waals surface area contributed by atoms with Crippen LogP contribution in [0.5, 0.6) is 5.75 Å². The van der Waals surface area contributed by atoms with Gasteiger partial charge in [0, 0.05) is 12.6 Å². The smallest absolute Gasteiger partial charge is 0.143 e. The fourth-order valence-corrected chi connectivity index (χ4v) is 1.34. The molecule has 1 aromatic carbocycles. The van der Waals surface area contributed by atoms with Crippen molar-refractivity contribution in [3.05, 3.63) is 22.2 Å². The number of halogens is 2. The summed E-state index contributed by atoms with van der Waals surface area (Å²) in [6.45, 7) is 0.484. The summed E-state index contributed by atoms with van der Waals surface area (Å²) in [5, 5.41) is 12.5.